The molecule has 0 aliphatic rings. The van der Waals surface area contributed by atoms with E-state index in [1.165, 1.54) is 0 Å². The number of rotatable bonds is 7. The lowest BCUT2D eigenvalue weighted by atomic mass is 10.1. The van der Waals surface area contributed by atoms with E-state index in [0.717, 1.165) is 23.5 Å². The van der Waals surface area contributed by atoms with Crippen molar-refractivity contribution in [3.63, 3.8) is 0 Å². The third-order valence-electron chi connectivity index (χ3n) is 2.62. The Kier molecular flexibility index (Phi) is 6.40. The molecule has 3 N–H and O–H groups in total. The molecule has 0 saturated carbocycles. The highest BCUT2D eigenvalue weighted by molar-refractivity contribution is 7.99. The minimum Gasteiger partial charge on any atom is -0.497 e. The Morgan fingerprint density at radius 2 is 2.24 bits per heavy atom. The largest absolute Gasteiger partial charge is 0.497 e. The maximum Gasteiger partial charge on any atom is 0.119 e. The Morgan fingerprint density at radius 1 is 1.47 bits per heavy atom. The summed E-state index contributed by atoms with van der Waals surface area (Å²) in [6, 6.07) is 7.87. The predicted molar refractivity (Wildman–Crippen MR) is 73.5 cm³/mol. The summed E-state index contributed by atoms with van der Waals surface area (Å²) >= 11 is 1.79. The fourth-order valence-corrected chi connectivity index (χ4v) is 2.50. The molecule has 0 fully saturated rings. The molecule has 0 spiro atoms. The zero-order valence-corrected chi connectivity index (χ0v) is 11.2. The van der Waals surface area contributed by atoms with Gasteiger partial charge in [-0.25, -0.2) is 0 Å². The lowest BCUT2D eigenvalue weighted by Gasteiger charge is -2.15. The minimum absolute atomic E-state index is 0.0104. The van der Waals surface area contributed by atoms with E-state index in [9.17, 15) is 0 Å². The molecule has 0 saturated heterocycles. The van der Waals surface area contributed by atoms with Crippen LogP contribution in [-0.4, -0.2) is 29.8 Å². The maximum atomic E-state index is 8.83. The van der Waals surface area contributed by atoms with Gasteiger partial charge >= 0.3 is 0 Å². The van der Waals surface area contributed by atoms with E-state index in [-0.39, 0.29) is 12.6 Å². The molecule has 2 atom stereocenters. The van der Waals surface area contributed by atoms with E-state index in [2.05, 4.69) is 6.92 Å². The monoisotopic (exact) mass is 255 g/mol. The second kappa shape index (κ2) is 7.58. The van der Waals surface area contributed by atoms with Crippen molar-refractivity contribution in [3.05, 3.63) is 29.8 Å². The van der Waals surface area contributed by atoms with E-state index < -0.39 is 0 Å². The molecule has 1 rings (SSSR count). The summed E-state index contributed by atoms with van der Waals surface area (Å²) in [7, 11) is 1.66. The highest BCUT2D eigenvalue weighted by atomic mass is 32.2. The van der Waals surface area contributed by atoms with Crippen LogP contribution in [0.25, 0.3) is 0 Å². The smallest absolute Gasteiger partial charge is 0.119 e. The molecule has 4 heteroatoms. The normalized spacial score (nSPS) is 14.4. The summed E-state index contributed by atoms with van der Waals surface area (Å²) in [5.41, 5.74) is 7.21. The number of benzene rings is 1. The number of aliphatic hydroxyl groups is 1. The molecule has 96 valence electrons. The number of aliphatic hydroxyl groups excluding tert-OH is 1. The second-order valence-electron chi connectivity index (χ2n) is 4.04. The molecular weight excluding hydrogens is 234 g/mol. The first-order chi connectivity index (χ1) is 8.17. The average molecular weight is 255 g/mol. The second-order valence-corrected chi connectivity index (χ2v) is 5.51. The first kappa shape index (κ1) is 14.4. The Bertz CT molecular complexity index is 333. The van der Waals surface area contributed by atoms with Crippen LogP contribution in [0.3, 0.4) is 0 Å². The van der Waals surface area contributed by atoms with Crippen molar-refractivity contribution < 1.29 is 9.84 Å². The molecule has 0 bridgehead atoms. The maximum absolute atomic E-state index is 8.83. The van der Waals surface area contributed by atoms with E-state index in [1.54, 1.807) is 18.9 Å². The van der Waals surface area contributed by atoms with Gasteiger partial charge in [-0.2, -0.15) is 11.8 Å². The number of ether oxygens (including phenoxy) is 1. The zero-order chi connectivity index (χ0) is 12.7. The third-order valence-corrected chi connectivity index (χ3v) is 3.97. The molecular formula is C13H21NO2S. The van der Waals surface area contributed by atoms with Crippen LogP contribution in [0.15, 0.2) is 24.3 Å². The Morgan fingerprint density at radius 3 is 2.88 bits per heavy atom. The van der Waals surface area contributed by atoms with Crippen molar-refractivity contribution in [1.29, 1.82) is 0 Å². The molecule has 0 radical (unpaired) electrons. The molecule has 3 nitrogen and oxygen atoms in total. The number of thioether (sulfide) groups is 1. The third kappa shape index (κ3) is 4.98. The van der Waals surface area contributed by atoms with Gasteiger partial charge in [0.25, 0.3) is 0 Å². The quantitative estimate of drug-likeness (QED) is 0.784. The SMILES string of the molecule is COc1cccc(C(N)CSC(C)CCO)c1. The number of nitrogens with two attached hydrogens (primary N) is 1. The van der Waals surface area contributed by atoms with Crippen LogP contribution in [0, 0.1) is 0 Å². The number of hydrogen-bond donors (Lipinski definition) is 2. The molecule has 0 aliphatic carbocycles. The summed E-state index contributed by atoms with van der Waals surface area (Å²) in [5, 5.41) is 9.27. The molecule has 1 aromatic carbocycles. The number of hydrogen-bond acceptors (Lipinski definition) is 4. The van der Waals surface area contributed by atoms with E-state index in [4.69, 9.17) is 15.6 Å². The summed E-state index contributed by atoms with van der Waals surface area (Å²) in [6.45, 7) is 2.35. The highest BCUT2D eigenvalue weighted by Gasteiger charge is 2.09. The molecule has 17 heavy (non-hydrogen) atoms. The topological polar surface area (TPSA) is 55.5 Å². The van der Waals surface area contributed by atoms with Crippen molar-refractivity contribution >= 4 is 11.8 Å². The lowest BCUT2D eigenvalue weighted by molar-refractivity contribution is 0.289. The van der Waals surface area contributed by atoms with Crippen LogP contribution in [0.4, 0.5) is 0 Å². The van der Waals surface area contributed by atoms with Crippen LogP contribution in [0.2, 0.25) is 0 Å². The Balaban J connectivity index is 2.48. The van der Waals surface area contributed by atoms with Crippen LogP contribution in [0.5, 0.6) is 5.75 Å². The molecule has 0 amide bonds. The van der Waals surface area contributed by atoms with Crippen LogP contribution in [0.1, 0.15) is 24.9 Å². The van der Waals surface area contributed by atoms with Crippen LogP contribution >= 0.6 is 11.8 Å². The van der Waals surface area contributed by atoms with Gasteiger partial charge in [-0.1, -0.05) is 19.1 Å². The van der Waals surface area contributed by atoms with Crippen LogP contribution in [-0.2, 0) is 0 Å². The van der Waals surface area contributed by atoms with Gasteiger partial charge < -0.3 is 15.6 Å². The summed E-state index contributed by atoms with van der Waals surface area (Å²) < 4.78 is 5.17. The van der Waals surface area contributed by atoms with Crippen molar-refractivity contribution in [3.8, 4) is 5.75 Å². The highest BCUT2D eigenvalue weighted by Crippen LogP contribution is 2.23. The first-order valence-electron chi connectivity index (χ1n) is 5.79. The van der Waals surface area contributed by atoms with Gasteiger partial charge in [-0.15, -0.1) is 0 Å². The van der Waals surface area contributed by atoms with E-state index in [0.29, 0.717) is 5.25 Å². The summed E-state index contributed by atoms with van der Waals surface area (Å²) in [6.07, 6.45) is 0.815. The van der Waals surface area contributed by atoms with Gasteiger partial charge in [0, 0.05) is 23.7 Å². The fraction of sp³-hybridized carbons (Fsp3) is 0.538. The van der Waals surface area contributed by atoms with Gasteiger partial charge in [0.1, 0.15) is 5.75 Å². The van der Waals surface area contributed by atoms with Crippen LogP contribution < -0.4 is 10.5 Å². The summed E-state index contributed by atoms with van der Waals surface area (Å²) in [4.78, 5) is 0. The molecule has 0 aromatic heterocycles. The number of methoxy groups -OCH3 is 1. The lowest BCUT2D eigenvalue weighted by Crippen LogP contribution is -2.15. The minimum atomic E-state index is 0.0104. The van der Waals surface area contributed by atoms with Crippen molar-refractivity contribution in [2.75, 3.05) is 19.5 Å². The van der Waals surface area contributed by atoms with Crippen molar-refractivity contribution in [1.82, 2.24) is 0 Å². The van der Waals surface area contributed by atoms with Crippen molar-refractivity contribution in [2.24, 2.45) is 5.73 Å². The molecule has 0 aliphatic heterocycles. The zero-order valence-electron chi connectivity index (χ0n) is 10.4. The molecule has 1 aromatic rings. The van der Waals surface area contributed by atoms with Gasteiger partial charge in [0.05, 0.1) is 7.11 Å². The first-order valence-corrected chi connectivity index (χ1v) is 6.84. The molecule has 2 unspecified atom stereocenters. The van der Waals surface area contributed by atoms with Gasteiger partial charge in [0.2, 0.25) is 0 Å². The Labute approximate surface area is 107 Å². The van der Waals surface area contributed by atoms with Gasteiger partial charge in [0.15, 0.2) is 0 Å². The summed E-state index contributed by atoms with van der Waals surface area (Å²) in [5.74, 6) is 1.69. The van der Waals surface area contributed by atoms with Gasteiger partial charge in [-0.3, -0.25) is 0 Å². The van der Waals surface area contributed by atoms with Gasteiger partial charge in [-0.05, 0) is 24.1 Å². The van der Waals surface area contributed by atoms with Crippen molar-refractivity contribution in [2.45, 2.75) is 24.6 Å². The van der Waals surface area contributed by atoms with E-state index in [1.807, 2.05) is 24.3 Å². The standard InChI is InChI=1S/C13H21NO2S/c1-10(6-7-15)17-9-13(14)11-4-3-5-12(8-11)16-2/h3-5,8,10,13,15H,6-7,9,14H2,1-2H3. The molecule has 0 heterocycles. The van der Waals surface area contributed by atoms with E-state index >= 15 is 0 Å². The predicted octanol–water partition coefficient (Wildman–Crippen LogP) is 2.20. The fourth-order valence-electron chi connectivity index (χ4n) is 1.50. The average Bonchev–Trinajstić information content (AvgIpc) is 2.36. The Hall–Kier alpha value is -0.710.